The van der Waals surface area contributed by atoms with Gasteiger partial charge in [-0.1, -0.05) is 259 Å². The number of hydrogen-bond acceptors (Lipinski definition) is 3. The number of aliphatic hydroxyl groups excluding tert-OH is 2. The van der Waals surface area contributed by atoms with Crippen LogP contribution in [0.25, 0.3) is 0 Å². The van der Waals surface area contributed by atoms with Crippen LogP contribution in [0.3, 0.4) is 0 Å². The second-order valence-corrected chi connectivity index (χ2v) is 17.6. The molecule has 4 nitrogen and oxygen atoms in total. The van der Waals surface area contributed by atoms with Crippen LogP contribution in [0.2, 0.25) is 0 Å². The molecule has 61 heavy (non-hydrogen) atoms. The van der Waals surface area contributed by atoms with Gasteiger partial charge in [-0.2, -0.15) is 0 Å². The Kier molecular flexibility index (Phi) is 49.8. The van der Waals surface area contributed by atoms with Crippen molar-refractivity contribution in [1.82, 2.24) is 5.32 Å². The van der Waals surface area contributed by atoms with Gasteiger partial charge in [-0.3, -0.25) is 4.79 Å². The van der Waals surface area contributed by atoms with Crippen LogP contribution in [0.5, 0.6) is 0 Å². The Morgan fingerprint density at radius 1 is 0.410 bits per heavy atom. The maximum Gasteiger partial charge on any atom is 0.220 e. The normalized spacial score (nSPS) is 13.6. The minimum atomic E-state index is -0.670. The van der Waals surface area contributed by atoms with Crippen molar-refractivity contribution < 1.29 is 15.0 Å². The Hall–Kier alpha value is -2.43. The van der Waals surface area contributed by atoms with Crippen LogP contribution in [-0.4, -0.2) is 34.9 Å². The molecule has 0 heterocycles. The summed E-state index contributed by atoms with van der Waals surface area (Å²) < 4.78 is 0. The molecule has 2 atom stereocenters. The first-order valence-electron chi connectivity index (χ1n) is 26.3. The van der Waals surface area contributed by atoms with E-state index in [1.807, 2.05) is 0 Å². The van der Waals surface area contributed by atoms with E-state index < -0.39 is 12.1 Å². The molecular weight excluding hydrogens is 747 g/mol. The molecule has 0 aliphatic carbocycles. The molecule has 4 heteroatoms. The predicted octanol–water partition coefficient (Wildman–Crippen LogP) is 17.2. The maximum atomic E-state index is 12.5. The predicted molar refractivity (Wildman–Crippen MR) is 271 cm³/mol. The second-order valence-electron chi connectivity index (χ2n) is 17.6. The molecule has 0 aromatic rings. The van der Waals surface area contributed by atoms with Gasteiger partial charge in [-0.25, -0.2) is 0 Å². The smallest absolute Gasteiger partial charge is 0.220 e. The first-order chi connectivity index (χ1) is 30.2. The molecule has 0 fully saturated rings. The number of carbonyl (C=O) groups excluding carboxylic acids is 1. The van der Waals surface area contributed by atoms with Crippen molar-refractivity contribution in [2.24, 2.45) is 0 Å². The molecule has 1 amide bonds. The summed E-state index contributed by atoms with van der Waals surface area (Å²) >= 11 is 0. The van der Waals surface area contributed by atoms with E-state index in [2.05, 4.69) is 104 Å². The molecule has 0 aromatic carbocycles. The van der Waals surface area contributed by atoms with E-state index >= 15 is 0 Å². The fraction of sp³-hybridized carbons (Fsp3) is 0.737. The Bertz CT molecular complexity index is 1100. The summed E-state index contributed by atoms with van der Waals surface area (Å²) in [5.74, 6) is -0.0441. The van der Waals surface area contributed by atoms with Gasteiger partial charge in [0, 0.05) is 6.42 Å². The minimum Gasteiger partial charge on any atom is -0.394 e. The van der Waals surface area contributed by atoms with Crippen molar-refractivity contribution in [2.75, 3.05) is 6.61 Å². The summed E-state index contributed by atoms with van der Waals surface area (Å²) in [7, 11) is 0. The van der Waals surface area contributed by atoms with Crippen LogP contribution < -0.4 is 5.32 Å². The number of unbranched alkanes of at least 4 members (excludes halogenated alkanes) is 26. The van der Waals surface area contributed by atoms with E-state index in [0.29, 0.717) is 12.8 Å². The van der Waals surface area contributed by atoms with E-state index in [4.69, 9.17) is 0 Å². The fourth-order valence-corrected chi connectivity index (χ4v) is 7.69. The van der Waals surface area contributed by atoms with Crippen molar-refractivity contribution >= 4 is 5.91 Å². The number of allylic oxidation sites excluding steroid dienone is 14. The lowest BCUT2D eigenvalue weighted by atomic mass is 10.0. The molecule has 0 rings (SSSR count). The van der Waals surface area contributed by atoms with Crippen LogP contribution in [0.4, 0.5) is 0 Å². The number of carbonyl (C=O) groups is 1. The van der Waals surface area contributed by atoms with Crippen LogP contribution in [0.15, 0.2) is 85.1 Å². The molecular formula is C57H101NO3. The Morgan fingerprint density at radius 3 is 1.08 bits per heavy atom. The summed E-state index contributed by atoms with van der Waals surface area (Å²) in [5.41, 5.74) is 0. The van der Waals surface area contributed by atoms with Gasteiger partial charge in [-0.15, -0.1) is 0 Å². The quantitative estimate of drug-likeness (QED) is 0.0422. The molecule has 0 aliphatic heterocycles. The maximum absolute atomic E-state index is 12.5. The third-order valence-electron chi connectivity index (χ3n) is 11.7. The lowest BCUT2D eigenvalue weighted by Gasteiger charge is -2.22. The fourth-order valence-electron chi connectivity index (χ4n) is 7.69. The number of hydrogen-bond donors (Lipinski definition) is 3. The van der Waals surface area contributed by atoms with Gasteiger partial charge in [0.05, 0.1) is 18.8 Å². The average Bonchev–Trinajstić information content (AvgIpc) is 3.26. The number of nitrogens with one attached hydrogen (secondary N) is 1. The lowest BCUT2D eigenvalue weighted by Crippen LogP contribution is -2.45. The SMILES string of the molecule is CC/C=C\C/C=C\C/C=C\C/C=C\C/C=C\C/C=C\C/C=C\CCCCCCCCCC(=O)NC(CO)C(O)CCCCCCCCCCCCCCCCCCCCCC. The monoisotopic (exact) mass is 848 g/mol. The van der Waals surface area contributed by atoms with E-state index in [1.54, 1.807) is 0 Å². The van der Waals surface area contributed by atoms with Gasteiger partial charge in [0.15, 0.2) is 0 Å². The Morgan fingerprint density at radius 2 is 0.721 bits per heavy atom. The molecule has 0 radical (unpaired) electrons. The molecule has 0 bridgehead atoms. The summed E-state index contributed by atoms with van der Waals surface area (Å²) in [4.78, 5) is 12.5. The zero-order valence-electron chi connectivity index (χ0n) is 40.4. The third kappa shape index (κ3) is 48.5. The van der Waals surface area contributed by atoms with Gasteiger partial charge in [0.25, 0.3) is 0 Å². The summed E-state index contributed by atoms with van der Waals surface area (Å²) in [6, 6.07) is -0.549. The molecule has 0 spiro atoms. The van der Waals surface area contributed by atoms with E-state index in [-0.39, 0.29) is 12.5 Å². The first-order valence-corrected chi connectivity index (χ1v) is 26.3. The van der Waals surface area contributed by atoms with E-state index in [1.165, 1.54) is 141 Å². The highest BCUT2D eigenvalue weighted by molar-refractivity contribution is 5.76. The second kappa shape index (κ2) is 51.9. The van der Waals surface area contributed by atoms with Crippen LogP contribution >= 0.6 is 0 Å². The topological polar surface area (TPSA) is 69.6 Å². The minimum absolute atomic E-state index is 0.0441. The van der Waals surface area contributed by atoms with Gasteiger partial charge in [-0.05, 0) is 70.6 Å². The number of rotatable bonds is 47. The summed E-state index contributed by atoms with van der Waals surface area (Å²) in [6.07, 6.45) is 75.4. The van der Waals surface area contributed by atoms with Crippen molar-refractivity contribution in [3.63, 3.8) is 0 Å². The highest BCUT2D eigenvalue weighted by Crippen LogP contribution is 2.16. The van der Waals surface area contributed by atoms with Crippen LogP contribution in [0, 0.1) is 0 Å². The van der Waals surface area contributed by atoms with Crippen LogP contribution in [0.1, 0.15) is 251 Å². The third-order valence-corrected chi connectivity index (χ3v) is 11.7. The molecule has 3 N–H and O–H groups in total. The number of amides is 1. The van der Waals surface area contributed by atoms with Crippen molar-refractivity contribution in [3.05, 3.63) is 85.1 Å². The standard InChI is InChI=1S/C57H101NO3/c1-3-5-7-9-11-13-15-17-19-21-23-25-26-27-28-29-30-31-32-33-35-37-39-41-43-45-47-49-51-53-57(61)58-55(54-59)56(60)52-50-48-46-44-42-40-38-36-34-24-22-20-18-16-14-12-10-8-6-4-2/h5,7,11,13,17,19,23,25,27-28,30-31,33,35,55-56,59-60H,3-4,6,8-10,12,14-16,18,20-22,24,26,29,32,34,36-54H2,1-2H3,(H,58,61)/b7-5-,13-11-,19-17-,25-23-,28-27-,31-30-,35-33-. The van der Waals surface area contributed by atoms with Gasteiger partial charge in [0.2, 0.25) is 5.91 Å². The lowest BCUT2D eigenvalue weighted by molar-refractivity contribution is -0.123. The van der Waals surface area contributed by atoms with Crippen LogP contribution in [-0.2, 0) is 4.79 Å². The Balaban J connectivity index is 3.57. The zero-order valence-corrected chi connectivity index (χ0v) is 40.4. The van der Waals surface area contributed by atoms with E-state index in [9.17, 15) is 15.0 Å². The van der Waals surface area contributed by atoms with Crippen molar-refractivity contribution in [3.8, 4) is 0 Å². The van der Waals surface area contributed by atoms with Gasteiger partial charge in [0.1, 0.15) is 0 Å². The molecule has 0 aromatic heterocycles. The van der Waals surface area contributed by atoms with Gasteiger partial charge < -0.3 is 15.5 Å². The summed E-state index contributed by atoms with van der Waals surface area (Å²) in [5, 5.41) is 23.3. The van der Waals surface area contributed by atoms with Gasteiger partial charge >= 0.3 is 0 Å². The average molecular weight is 848 g/mol. The largest absolute Gasteiger partial charge is 0.394 e. The Labute approximate surface area is 380 Å². The van der Waals surface area contributed by atoms with Crippen molar-refractivity contribution in [2.45, 2.75) is 264 Å². The first kappa shape index (κ1) is 58.6. The van der Waals surface area contributed by atoms with E-state index in [0.717, 1.165) is 83.5 Å². The number of aliphatic hydroxyl groups is 2. The summed E-state index contributed by atoms with van der Waals surface area (Å²) in [6.45, 7) is 4.25. The molecule has 2 unspecified atom stereocenters. The molecule has 352 valence electrons. The molecule has 0 saturated heterocycles. The highest BCUT2D eigenvalue weighted by atomic mass is 16.3. The molecule has 0 aliphatic rings. The molecule has 0 saturated carbocycles. The zero-order chi connectivity index (χ0) is 44.2. The highest BCUT2D eigenvalue weighted by Gasteiger charge is 2.20. The van der Waals surface area contributed by atoms with Crippen molar-refractivity contribution in [1.29, 1.82) is 0 Å².